The second kappa shape index (κ2) is 10.2. The van der Waals surface area contributed by atoms with Crippen molar-refractivity contribution < 1.29 is 9.59 Å². The number of amides is 2. The van der Waals surface area contributed by atoms with Gasteiger partial charge in [0.05, 0.1) is 0 Å². The van der Waals surface area contributed by atoms with Crippen LogP contribution in [0.4, 0.5) is 5.69 Å². The van der Waals surface area contributed by atoms with Gasteiger partial charge in [-0.3, -0.25) is 9.59 Å². The molecule has 2 N–H and O–H groups in total. The third-order valence-corrected chi connectivity index (χ3v) is 4.62. The van der Waals surface area contributed by atoms with E-state index < -0.39 is 0 Å². The van der Waals surface area contributed by atoms with Gasteiger partial charge in [-0.2, -0.15) is 0 Å². The summed E-state index contributed by atoms with van der Waals surface area (Å²) in [6, 6.07) is 7.22. The zero-order valence-corrected chi connectivity index (χ0v) is 16.4. The number of rotatable bonds is 6. The van der Waals surface area contributed by atoms with Crippen molar-refractivity contribution in [2.45, 2.75) is 32.6 Å². The SMILES string of the molecule is CCCCCC(=O)NC(=S)Nc1cccc(C(=O)N2CCN(C)CC2)c1. The average Bonchev–Trinajstić information content (AvgIpc) is 2.62. The summed E-state index contributed by atoms with van der Waals surface area (Å²) in [5, 5.41) is 5.93. The lowest BCUT2D eigenvalue weighted by atomic mass is 10.1. The molecule has 0 saturated carbocycles. The van der Waals surface area contributed by atoms with Crippen molar-refractivity contribution in [3.05, 3.63) is 29.8 Å². The van der Waals surface area contributed by atoms with Crippen LogP contribution in [0.25, 0.3) is 0 Å². The Hall–Kier alpha value is -1.99. The molecule has 26 heavy (non-hydrogen) atoms. The molecule has 7 heteroatoms. The highest BCUT2D eigenvalue weighted by atomic mass is 32.1. The van der Waals surface area contributed by atoms with Crippen molar-refractivity contribution in [2.24, 2.45) is 0 Å². The van der Waals surface area contributed by atoms with E-state index in [1.807, 2.05) is 17.0 Å². The Balaban J connectivity index is 1.89. The quantitative estimate of drug-likeness (QED) is 0.590. The van der Waals surface area contributed by atoms with Crippen LogP contribution in [0.2, 0.25) is 0 Å². The lowest BCUT2D eigenvalue weighted by Gasteiger charge is -2.32. The van der Waals surface area contributed by atoms with Gasteiger partial charge in [-0.1, -0.05) is 25.8 Å². The Bertz CT molecular complexity index is 642. The molecule has 0 aromatic heterocycles. The number of carbonyl (C=O) groups excluding carboxylic acids is 2. The Morgan fingerprint density at radius 2 is 1.88 bits per heavy atom. The van der Waals surface area contributed by atoms with Gasteiger partial charge in [0.25, 0.3) is 5.91 Å². The van der Waals surface area contributed by atoms with Crippen LogP contribution in [0.5, 0.6) is 0 Å². The Labute approximate surface area is 160 Å². The number of unbranched alkanes of at least 4 members (excludes halogenated alkanes) is 2. The number of likely N-dealkylation sites (N-methyl/N-ethyl adjacent to an activating group) is 1. The molecule has 1 aliphatic heterocycles. The maximum atomic E-state index is 12.6. The van der Waals surface area contributed by atoms with Gasteiger partial charge in [0.2, 0.25) is 5.91 Å². The molecule has 0 bridgehead atoms. The third kappa shape index (κ3) is 6.38. The zero-order valence-electron chi connectivity index (χ0n) is 15.6. The Morgan fingerprint density at radius 1 is 1.15 bits per heavy atom. The maximum absolute atomic E-state index is 12.6. The first-order chi connectivity index (χ1) is 12.5. The van der Waals surface area contributed by atoms with Crippen LogP contribution < -0.4 is 10.6 Å². The molecule has 6 nitrogen and oxygen atoms in total. The first-order valence-electron chi connectivity index (χ1n) is 9.18. The van der Waals surface area contributed by atoms with Crippen molar-refractivity contribution in [2.75, 3.05) is 38.5 Å². The van der Waals surface area contributed by atoms with Crippen LogP contribution in [0.3, 0.4) is 0 Å². The molecule has 1 aromatic carbocycles. The number of hydrogen-bond acceptors (Lipinski definition) is 4. The standard InChI is InChI=1S/C19H28N4O2S/c1-3-4-5-9-17(24)21-19(26)20-16-8-6-7-15(14-16)18(25)23-12-10-22(2)11-13-23/h6-8,14H,3-5,9-13H2,1-2H3,(H2,20,21,24,26). The molecular weight excluding hydrogens is 348 g/mol. The predicted molar refractivity (Wildman–Crippen MR) is 108 cm³/mol. The summed E-state index contributed by atoms with van der Waals surface area (Å²) in [4.78, 5) is 28.5. The second-order valence-corrected chi connectivity index (χ2v) is 7.04. The maximum Gasteiger partial charge on any atom is 0.254 e. The van der Waals surface area contributed by atoms with Crippen molar-refractivity contribution >= 4 is 34.8 Å². The van der Waals surface area contributed by atoms with Gasteiger partial charge in [0.1, 0.15) is 0 Å². The summed E-state index contributed by atoms with van der Waals surface area (Å²) in [5.74, 6) is -0.0584. The summed E-state index contributed by atoms with van der Waals surface area (Å²) in [6.07, 6.45) is 3.44. The van der Waals surface area contributed by atoms with E-state index in [0.29, 0.717) is 17.7 Å². The van der Waals surface area contributed by atoms with Gasteiger partial charge in [-0.05, 0) is 43.9 Å². The lowest BCUT2D eigenvalue weighted by molar-refractivity contribution is -0.119. The molecular formula is C19H28N4O2S. The van der Waals surface area contributed by atoms with Crippen LogP contribution >= 0.6 is 12.2 Å². The van der Waals surface area contributed by atoms with Crippen molar-refractivity contribution in [1.82, 2.24) is 15.1 Å². The van der Waals surface area contributed by atoms with E-state index in [4.69, 9.17) is 12.2 Å². The average molecular weight is 377 g/mol. The third-order valence-electron chi connectivity index (χ3n) is 4.42. The summed E-state index contributed by atoms with van der Waals surface area (Å²) < 4.78 is 0. The number of carbonyl (C=O) groups is 2. The molecule has 0 unspecified atom stereocenters. The molecule has 0 atom stereocenters. The minimum atomic E-state index is -0.0828. The van der Waals surface area contributed by atoms with E-state index in [-0.39, 0.29) is 16.9 Å². The molecule has 142 valence electrons. The van der Waals surface area contributed by atoms with Crippen LogP contribution in [-0.2, 0) is 4.79 Å². The minimum Gasteiger partial charge on any atom is -0.336 e. The smallest absolute Gasteiger partial charge is 0.254 e. The molecule has 0 radical (unpaired) electrons. The van der Waals surface area contributed by atoms with Gasteiger partial charge in [0, 0.05) is 43.9 Å². The molecule has 1 fully saturated rings. The first kappa shape index (κ1) is 20.3. The largest absolute Gasteiger partial charge is 0.336 e. The van der Waals surface area contributed by atoms with Crippen molar-refractivity contribution in [3.63, 3.8) is 0 Å². The van der Waals surface area contributed by atoms with E-state index in [1.165, 1.54) is 0 Å². The lowest BCUT2D eigenvalue weighted by Crippen LogP contribution is -2.47. The molecule has 0 aliphatic carbocycles. The minimum absolute atomic E-state index is 0.0243. The molecule has 1 aromatic rings. The highest BCUT2D eigenvalue weighted by Gasteiger charge is 2.20. The van der Waals surface area contributed by atoms with Crippen LogP contribution in [0.1, 0.15) is 43.0 Å². The van der Waals surface area contributed by atoms with E-state index in [1.54, 1.807) is 12.1 Å². The van der Waals surface area contributed by atoms with E-state index in [9.17, 15) is 9.59 Å². The number of benzene rings is 1. The summed E-state index contributed by atoms with van der Waals surface area (Å²) in [6.45, 7) is 5.34. The fourth-order valence-corrected chi connectivity index (χ4v) is 3.04. The van der Waals surface area contributed by atoms with Crippen molar-refractivity contribution in [1.29, 1.82) is 0 Å². The molecule has 1 saturated heterocycles. The molecule has 0 spiro atoms. The molecule has 2 rings (SSSR count). The molecule has 2 amide bonds. The second-order valence-electron chi connectivity index (χ2n) is 6.64. The number of nitrogens with one attached hydrogen (secondary N) is 2. The fourth-order valence-electron chi connectivity index (χ4n) is 2.81. The Kier molecular flexibility index (Phi) is 8.00. The van der Waals surface area contributed by atoms with Gasteiger partial charge < -0.3 is 20.4 Å². The van der Waals surface area contributed by atoms with Gasteiger partial charge in [0.15, 0.2) is 5.11 Å². The van der Waals surface area contributed by atoms with Crippen molar-refractivity contribution in [3.8, 4) is 0 Å². The highest BCUT2D eigenvalue weighted by Crippen LogP contribution is 2.14. The highest BCUT2D eigenvalue weighted by molar-refractivity contribution is 7.80. The van der Waals surface area contributed by atoms with Gasteiger partial charge in [-0.25, -0.2) is 0 Å². The summed E-state index contributed by atoms with van der Waals surface area (Å²) >= 11 is 5.19. The molecule has 1 aliphatic rings. The van der Waals surface area contributed by atoms with Crippen LogP contribution in [0.15, 0.2) is 24.3 Å². The number of hydrogen-bond donors (Lipinski definition) is 2. The van der Waals surface area contributed by atoms with E-state index in [0.717, 1.165) is 45.4 Å². The predicted octanol–water partition coefficient (Wildman–Crippen LogP) is 2.47. The van der Waals surface area contributed by atoms with Gasteiger partial charge in [-0.15, -0.1) is 0 Å². The monoisotopic (exact) mass is 376 g/mol. The van der Waals surface area contributed by atoms with Gasteiger partial charge >= 0.3 is 0 Å². The molecule has 1 heterocycles. The number of piperazine rings is 1. The zero-order chi connectivity index (χ0) is 18.9. The summed E-state index contributed by atoms with van der Waals surface area (Å²) in [5.41, 5.74) is 1.32. The van der Waals surface area contributed by atoms with Crippen LogP contribution in [-0.4, -0.2) is 60.0 Å². The Morgan fingerprint density at radius 3 is 2.58 bits per heavy atom. The fraction of sp³-hybridized carbons (Fsp3) is 0.526. The normalized spacial score (nSPS) is 14.8. The van der Waals surface area contributed by atoms with E-state index >= 15 is 0 Å². The summed E-state index contributed by atoms with van der Waals surface area (Å²) in [7, 11) is 2.06. The number of thiocarbonyl (C=S) groups is 1. The first-order valence-corrected chi connectivity index (χ1v) is 9.59. The van der Waals surface area contributed by atoms with Crippen LogP contribution in [0, 0.1) is 0 Å². The topological polar surface area (TPSA) is 64.7 Å². The number of anilines is 1. The number of nitrogens with zero attached hydrogens (tertiary/aromatic N) is 2. The van der Waals surface area contributed by atoms with E-state index in [2.05, 4.69) is 29.5 Å².